The van der Waals surface area contributed by atoms with E-state index in [0.717, 1.165) is 65.1 Å². The van der Waals surface area contributed by atoms with Crippen LogP contribution < -0.4 is 0 Å². The number of benzene rings is 1. The number of aromatic nitrogens is 7. The van der Waals surface area contributed by atoms with E-state index in [9.17, 15) is 5.11 Å². The van der Waals surface area contributed by atoms with Crippen molar-refractivity contribution in [1.29, 1.82) is 0 Å². The number of aliphatic hydroxyl groups is 1. The zero-order valence-corrected chi connectivity index (χ0v) is 22.9. The Bertz CT molecular complexity index is 1630. The van der Waals surface area contributed by atoms with Crippen LogP contribution in [-0.2, 0) is 24.4 Å². The number of nitrogens with zero attached hydrogens (tertiary/aromatic N) is 7. The van der Waals surface area contributed by atoms with Gasteiger partial charge >= 0.3 is 0 Å². The Morgan fingerprint density at radius 1 is 1.05 bits per heavy atom. The molecule has 198 valence electrons. The molecule has 1 unspecified atom stereocenters. The van der Waals surface area contributed by atoms with Gasteiger partial charge in [-0.1, -0.05) is 35.0 Å². The molecule has 1 aliphatic rings. The first-order valence-electron chi connectivity index (χ1n) is 13.3. The third-order valence-corrected chi connectivity index (χ3v) is 7.84. The van der Waals surface area contributed by atoms with Gasteiger partial charge in [0.2, 0.25) is 0 Å². The fraction of sp³-hybridized carbons (Fsp3) is 0.448. The van der Waals surface area contributed by atoms with Crippen LogP contribution in [0.1, 0.15) is 55.2 Å². The first-order chi connectivity index (χ1) is 18.1. The topological polar surface area (TPSA) is 95.8 Å². The summed E-state index contributed by atoms with van der Waals surface area (Å²) in [4.78, 5) is 5.01. The van der Waals surface area contributed by atoms with Gasteiger partial charge in [-0.15, -0.1) is 5.10 Å². The third-order valence-electron chi connectivity index (χ3n) is 7.84. The highest BCUT2D eigenvalue weighted by Gasteiger charge is 2.35. The highest BCUT2D eigenvalue weighted by molar-refractivity contribution is 6.06. The van der Waals surface area contributed by atoms with E-state index < -0.39 is 5.60 Å². The van der Waals surface area contributed by atoms with Crippen molar-refractivity contribution in [3.05, 3.63) is 59.0 Å². The molecule has 9 nitrogen and oxygen atoms in total. The maximum atomic E-state index is 11.3. The van der Waals surface area contributed by atoms with Gasteiger partial charge in [0.1, 0.15) is 22.3 Å². The van der Waals surface area contributed by atoms with Crippen molar-refractivity contribution in [2.24, 2.45) is 20.0 Å². The van der Waals surface area contributed by atoms with Gasteiger partial charge in [0.25, 0.3) is 0 Å². The molecule has 1 aliphatic heterocycles. The van der Waals surface area contributed by atoms with Crippen LogP contribution in [0, 0.1) is 19.8 Å². The lowest BCUT2D eigenvalue weighted by atomic mass is 9.86. The van der Waals surface area contributed by atoms with Crippen LogP contribution in [0.15, 0.2) is 36.5 Å². The van der Waals surface area contributed by atoms with Crippen LogP contribution in [0.25, 0.3) is 33.3 Å². The maximum Gasteiger partial charge on any atom is 0.118 e. The van der Waals surface area contributed by atoms with E-state index >= 15 is 0 Å². The van der Waals surface area contributed by atoms with Crippen molar-refractivity contribution in [3.8, 4) is 11.3 Å². The summed E-state index contributed by atoms with van der Waals surface area (Å²) in [6, 6.07) is 11.0. The zero-order valence-electron chi connectivity index (χ0n) is 22.9. The fourth-order valence-electron chi connectivity index (χ4n) is 6.15. The molecule has 1 atom stereocenters. The first-order valence-corrected chi connectivity index (χ1v) is 13.3. The van der Waals surface area contributed by atoms with Crippen molar-refractivity contribution in [1.82, 2.24) is 34.3 Å². The average Bonchev–Trinajstić information content (AvgIpc) is 3.51. The van der Waals surface area contributed by atoms with E-state index in [2.05, 4.69) is 52.1 Å². The third kappa shape index (κ3) is 3.92. The minimum Gasteiger partial charge on any atom is -0.384 e. The summed E-state index contributed by atoms with van der Waals surface area (Å²) in [5.74, 6) is 0.350. The lowest BCUT2D eigenvalue weighted by molar-refractivity contribution is 0.0547. The van der Waals surface area contributed by atoms with Gasteiger partial charge < -0.3 is 14.4 Å². The smallest absolute Gasteiger partial charge is 0.118 e. The molecule has 1 fully saturated rings. The van der Waals surface area contributed by atoms with E-state index in [4.69, 9.17) is 14.8 Å². The van der Waals surface area contributed by atoms with E-state index in [-0.39, 0.29) is 6.04 Å². The molecule has 0 spiro atoms. The Morgan fingerprint density at radius 3 is 2.47 bits per heavy atom. The Morgan fingerprint density at radius 2 is 1.82 bits per heavy atom. The number of rotatable bonds is 5. The average molecular weight is 514 g/mol. The van der Waals surface area contributed by atoms with Crippen molar-refractivity contribution in [2.45, 2.75) is 52.2 Å². The highest BCUT2D eigenvalue weighted by Crippen LogP contribution is 2.43. The molecule has 1 N–H and O–H groups in total. The fourth-order valence-corrected chi connectivity index (χ4v) is 6.15. The molecule has 0 aliphatic carbocycles. The number of pyridine rings is 1. The lowest BCUT2D eigenvalue weighted by Gasteiger charge is -2.33. The summed E-state index contributed by atoms with van der Waals surface area (Å²) in [6.07, 6.45) is 3.80. The van der Waals surface area contributed by atoms with Gasteiger partial charge in [-0.3, -0.25) is 9.67 Å². The van der Waals surface area contributed by atoms with Gasteiger partial charge in [0.05, 0.1) is 28.5 Å². The number of hydrogen-bond donors (Lipinski definition) is 1. The molecular formula is C29H35N7O2. The highest BCUT2D eigenvalue weighted by atomic mass is 16.5. The van der Waals surface area contributed by atoms with Gasteiger partial charge in [0, 0.05) is 39.1 Å². The predicted molar refractivity (Wildman–Crippen MR) is 147 cm³/mol. The molecule has 4 aromatic heterocycles. The molecule has 9 heteroatoms. The Hall–Kier alpha value is -3.56. The molecule has 6 rings (SSSR count). The number of fused-ring (bicyclic) bond motifs is 3. The molecule has 0 radical (unpaired) electrons. The predicted octanol–water partition coefficient (Wildman–Crippen LogP) is 4.58. The second kappa shape index (κ2) is 9.03. The molecule has 38 heavy (non-hydrogen) atoms. The molecular weight excluding hydrogens is 478 g/mol. The largest absolute Gasteiger partial charge is 0.384 e. The minimum absolute atomic E-state index is 0.0203. The van der Waals surface area contributed by atoms with Crippen LogP contribution in [0.2, 0.25) is 0 Å². The van der Waals surface area contributed by atoms with Crippen molar-refractivity contribution < 1.29 is 9.84 Å². The second-order valence-corrected chi connectivity index (χ2v) is 11.1. The van der Waals surface area contributed by atoms with Crippen molar-refractivity contribution >= 4 is 22.1 Å². The van der Waals surface area contributed by atoms with Crippen LogP contribution in [0.4, 0.5) is 0 Å². The van der Waals surface area contributed by atoms with E-state index in [1.807, 2.05) is 31.9 Å². The summed E-state index contributed by atoms with van der Waals surface area (Å²) in [5.41, 5.74) is 8.46. The standard InChI is InChI=1S/C29H35N7O2/c1-17-8-7-9-20(14-17)25(19-10-12-38-13-11-19)36-22-15-21(24-18(2)31-33-35(24)6)16-30-23(22)26-27(36)28(29(3,4)37)32-34(26)5/h7-9,14-16,19,25,37H,10-13H2,1-6H3. The van der Waals surface area contributed by atoms with E-state index in [1.165, 1.54) is 11.1 Å². The minimum atomic E-state index is -1.14. The SMILES string of the molecule is Cc1cccc(C(C2CCOCC2)n2c3cc(-c4c(C)nnn4C)cnc3c3c2c(C(C)(C)O)nn3C)c1. The molecule has 5 aromatic rings. The van der Waals surface area contributed by atoms with E-state index in [1.54, 1.807) is 18.5 Å². The van der Waals surface area contributed by atoms with Crippen molar-refractivity contribution in [3.63, 3.8) is 0 Å². The molecule has 0 amide bonds. The second-order valence-electron chi connectivity index (χ2n) is 11.1. The normalized spacial score (nSPS) is 16.1. The molecule has 1 aromatic carbocycles. The van der Waals surface area contributed by atoms with Gasteiger partial charge in [-0.25, -0.2) is 4.68 Å². The zero-order chi connectivity index (χ0) is 26.8. The van der Waals surface area contributed by atoms with Crippen LogP contribution in [-0.4, -0.2) is 52.6 Å². The summed E-state index contributed by atoms with van der Waals surface area (Å²) >= 11 is 0. The summed E-state index contributed by atoms with van der Waals surface area (Å²) in [5, 5.41) is 24.6. The Kier molecular flexibility index (Phi) is 5.88. The molecule has 5 heterocycles. The quantitative estimate of drug-likeness (QED) is 0.370. The Balaban J connectivity index is 1.74. The molecule has 0 saturated carbocycles. The monoisotopic (exact) mass is 513 g/mol. The van der Waals surface area contributed by atoms with Crippen LogP contribution >= 0.6 is 0 Å². The number of aryl methyl sites for hydroxylation is 4. The Labute approximate surface area is 222 Å². The molecule has 1 saturated heterocycles. The number of hydrogen-bond acceptors (Lipinski definition) is 6. The molecule has 0 bridgehead atoms. The van der Waals surface area contributed by atoms with Gasteiger partial charge in [-0.05, 0) is 58.1 Å². The van der Waals surface area contributed by atoms with Crippen LogP contribution in [0.3, 0.4) is 0 Å². The lowest BCUT2D eigenvalue weighted by Crippen LogP contribution is -2.28. The van der Waals surface area contributed by atoms with Gasteiger partial charge in [-0.2, -0.15) is 5.10 Å². The summed E-state index contributed by atoms with van der Waals surface area (Å²) < 4.78 is 11.8. The first kappa shape index (κ1) is 24.8. The van der Waals surface area contributed by atoms with Crippen LogP contribution in [0.5, 0.6) is 0 Å². The number of ether oxygens (including phenoxy) is 1. The summed E-state index contributed by atoms with van der Waals surface area (Å²) in [6.45, 7) is 9.19. The van der Waals surface area contributed by atoms with Gasteiger partial charge in [0.15, 0.2) is 0 Å². The maximum absolute atomic E-state index is 11.3. The van der Waals surface area contributed by atoms with Crippen molar-refractivity contribution in [2.75, 3.05) is 13.2 Å². The van der Waals surface area contributed by atoms with E-state index in [0.29, 0.717) is 11.6 Å². The summed E-state index contributed by atoms with van der Waals surface area (Å²) in [7, 11) is 3.84.